The van der Waals surface area contributed by atoms with Crippen molar-refractivity contribution in [1.29, 1.82) is 0 Å². The fraction of sp³-hybridized carbons (Fsp3) is 0.357. The lowest BCUT2D eigenvalue weighted by atomic mass is 10.0. The Balaban J connectivity index is 2.58. The minimum Gasteiger partial charge on any atom is -0.494 e. The molecule has 0 aliphatic heterocycles. The van der Waals surface area contributed by atoms with Gasteiger partial charge in [0.15, 0.2) is 11.6 Å². The third kappa shape index (κ3) is 2.81. The lowest BCUT2D eigenvalue weighted by Crippen LogP contribution is -2.04. The molecule has 0 unspecified atom stereocenters. The quantitative estimate of drug-likeness (QED) is 0.775. The zero-order chi connectivity index (χ0) is 14.0. The maximum atomic E-state index is 14.3. The van der Waals surface area contributed by atoms with Crippen molar-refractivity contribution in [3.8, 4) is 5.75 Å². The Morgan fingerprint density at radius 1 is 1.37 bits per heavy atom. The van der Waals surface area contributed by atoms with E-state index in [4.69, 9.17) is 9.47 Å². The normalized spacial score (nSPS) is 14.7. The van der Waals surface area contributed by atoms with Crippen LogP contribution in [-0.4, -0.2) is 13.1 Å². The van der Waals surface area contributed by atoms with E-state index in [-0.39, 0.29) is 11.6 Å². The fourth-order valence-electron chi connectivity index (χ4n) is 2.15. The van der Waals surface area contributed by atoms with Gasteiger partial charge in [-0.3, -0.25) is 4.79 Å². The average Bonchev–Trinajstić information content (AvgIpc) is 2.51. The van der Waals surface area contributed by atoms with Crippen molar-refractivity contribution < 1.29 is 18.7 Å². The Morgan fingerprint density at radius 3 is 2.74 bits per heavy atom. The van der Waals surface area contributed by atoms with Crippen molar-refractivity contribution in [2.75, 3.05) is 7.11 Å². The third-order valence-electron chi connectivity index (χ3n) is 2.99. The highest BCUT2D eigenvalue weighted by molar-refractivity contribution is 9.11. The summed E-state index contributed by atoms with van der Waals surface area (Å²) >= 11 is 3.41. The minimum absolute atomic E-state index is 0.207. The van der Waals surface area contributed by atoms with Gasteiger partial charge in [-0.1, -0.05) is 15.9 Å². The fourth-order valence-corrected chi connectivity index (χ4v) is 2.72. The first kappa shape index (κ1) is 14.1. The molecule has 0 radical (unpaired) electrons. The second kappa shape index (κ2) is 5.74. The van der Waals surface area contributed by atoms with Gasteiger partial charge in [0.05, 0.1) is 7.11 Å². The molecule has 19 heavy (non-hydrogen) atoms. The molecule has 3 nitrogen and oxygen atoms in total. The molecule has 0 bridgehead atoms. The molecule has 0 N–H and O–H groups in total. The lowest BCUT2D eigenvalue weighted by molar-refractivity contribution is -0.134. The van der Waals surface area contributed by atoms with Crippen molar-refractivity contribution in [2.24, 2.45) is 0 Å². The number of benzene rings is 1. The zero-order valence-electron chi connectivity index (χ0n) is 10.8. The van der Waals surface area contributed by atoms with E-state index in [1.165, 1.54) is 14.0 Å². The molecule has 1 aromatic carbocycles. The number of fused-ring (bicyclic) bond motifs is 1. The van der Waals surface area contributed by atoms with Gasteiger partial charge in [0, 0.05) is 22.5 Å². The Morgan fingerprint density at radius 2 is 2.11 bits per heavy atom. The first-order chi connectivity index (χ1) is 9.04. The van der Waals surface area contributed by atoms with Gasteiger partial charge in [0.1, 0.15) is 5.76 Å². The molecule has 0 saturated carbocycles. The van der Waals surface area contributed by atoms with Crippen LogP contribution in [0.3, 0.4) is 0 Å². The van der Waals surface area contributed by atoms with Gasteiger partial charge in [-0.05, 0) is 31.4 Å². The van der Waals surface area contributed by atoms with Gasteiger partial charge in [0.25, 0.3) is 0 Å². The molecule has 0 heterocycles. The van der Waals surface area contributed by atoms with Crippen molar-refractivity contribution in [1.82, 2.24) is 0 Å². The number of allylic oxidation sites excluding steroid dienone is 1. The molecule has 0 atom stereocenters. The Labute approximate surface area is 119 Å². The molecule has 1 aliphatic rings. The van der Waals surface area contributed by atoms with Gasteiger partial charge in [-0.25, -0.2) is 4.39 Å². The molecule has 0 fully saturated rings. The molecular weight excluding hydrogens is 315 g/mol. The van der Waals surface area contributed by atoms with Crippen molar-refractivity contribution >= 4 is 27.7 Å². The zero-order valence-corrected chi connectivity index (χ0v) is 12.3. The molecule has 5 heteroatoms. The summed E-state index contributed by atoms with van der Waals surface area (Å²) in [5.41, 5.74) is 1.14. The van der Waals surface area contributed by atoms with Crippen LogP contribution in [-0.2, 0) is 16.0 Å². The van der Waals surface area contributed by atoms with E-state index in [9.17, 15) is 9.18 Å². The topological polar surface area (TPSA) is 35.5 Å². The Hall–Kier alpha value is -1.36. The van der Waals surface area contributed by atoms with Crippen LogP contribution in [0.2, 0.25) is 0 Å². The average molecular weight is 329 g/mol. The van der Waals surface area contributed by atoms with Crippen LogP contribution in [0.15, 0.2) is 16.6 Å². The van der Waals surface area contributed by atoms with E-state index in [1.54, 1.807) is 12.1 Å². The number of halogens is 2. The molecule has 0 saturated heterocycles. The number of carbonyl (C=O) groups excluding carboxylic acids is 1. The SMILES string of the molecule is COc1ccc2c(c1F)CCCC(Br)=C2OC(C)=O. The maximum absolute atomic E-state index is 14.3. The van der Waals surface area contributed by atoms with Crippen LogP contribution < -0.4 is 4.74 Å². The summed E-state index contributed by atoms with van der Waals surface area (Å²) in [7, 11) is 1.43. The highest BCUT2D eigenvalue weighted by atomic mass is 79.9. The highest BCUT2D eigenvalue weighted by Crippen LogP contribution is 2.37. The summed E-state index contributed by atoms with van der Waals surface area (Å²) in [6, 6.07) is 3.27. The van der Waals surface area contributed by atoms with Gasteiger partial charge in [0.2, 0.25) is 0 Å². The van der Waals surface area contributed by atoms with Crippen molar-refractivity contribution in [2.45, 2.75) is 26.2 Å². The predicted octanol–water partition coefficient (Wildman–Crippen LogP) is 3.80. The number of ether oxygens (including phenoxy) is 2. The number of carbonyl (C=O) groups is 1. The second-order valence-electron chi connectivity index (χ2n) is 4.29. The van der Waals surface area contributed by atoms with Gasteiger partial charge in [-0.15, -0.1) is 0 Å². The van der Waals surface area contributed by atoms with Gasteiger partial charge in [-0.2, -0.15) is 0 Å². The summed E-state index contributed by atoms with van der Waals surface area (Å²) in [5.74, 6) is -0.191. The minimum atomic E-state index is -0.420. The van der Waals surface area contributed by atoms with Crippen LogP contribution >= 0.6 is 15.9 Å². The molecule has 2 rings (SSSR count). The summed E-state index contributed by atoms with van der Waals surface area (Å²) in [6.07, 6.45) is 2.07. The largest absolute Gasteiger partial charge is 0.494 e. The van der Waals surface area contributed by atoms with Crippen LogP contribution in [0, 0.1) is 5.82 Å². The molecule has 0 spiro atoms. The van der Waals surface area contributed by atoms with E-state index in [2.05, 4.69) is 15.9 Å². The monoisotopic (exact) mass is 328 g/mol. The van der Waals surface area contributed by atoms with Crippen LogP contribution in [0.25, 0.3) is 5.76 Å². The first-order valence-electron chi connectivity index (χ1n) is 5.97. The van der Waals surface area contributed by atoms with Crippen molar-refractivity contribution in [3.05, 3.63) is 33.6 Å². The molecule has 0 aromatic heterocycles. The predicted molar refractivity (Wildman–Crippen MR) is 73.5 cm³/mol. The number of rotatable bonds is 2. The smallest absolute Gasteiger partial charge is 0.308 e. The second-order valence-corrected chi connectivity index (χ2v) is 5.25. The molecular formula is C14H14BrFO3. The summed E-state index contributed by atoms with van der Waals surface area (Å²) in [6.45, 7) is 1.33. The van der Waals surface area contributed by atoms with E-state index in [0.29, 0.717) is 29.7 Å². The third-order valence-corrected chi connectivity index (χ3v) is 3.74. The standard InChI is InChI=1S/C14H14BrFO3/c1-8(17)19-14-10-6-7-12(18-2)13(16)9(10)4-3-5-11(14)15/h6-7H,3-5H2,1-2H3. The first-order valence-corrected chi connectivity index (χ1v) is 6.76. The molecule has 0 amide bonds. The Bertz CT molecular complexity index is 552. The summed E-state index contributed by atoms with van der Waals surface area (Å²) < 4.78 is 25.3. The van der Waals surface area contributed by atoms with Gasteiger partial charge >= 0.3 is 5.97 Å². The summed E-state index contributed by atoms with van der Waals surface area (Å²) in [5, 5.41) is 0. The van der Waals surface area contributed by atoms with E-state index >= 15 is 0 Å². The highest BCUT2D eigenvalue weighted by Gasteiger charge is 2.23. The molecule has 1 aliphatic carbocycles. The molecule has 102 valence electrons. The number of hydrogen-bond donors (Lipinski definition) is 0. The maximum Gasteiger partial charge on any atom is 0.308 e. The van der Waals surface area contributed by atoms with E-state index < -0.39 is 5.97 Å². The van der Waals surface area contributed by atoms with Crippen LogP contribution in [0.5, 0.6) is 5.75 Å². The summed E-state index contributed by atoms with van der Waals surface area (Å²) in [4.78, 5) is 11.2. The Kier molecular flexibility index (Phi) is 4.24. The number of esters is 1. The van der Waals surface area contributed by atoms with E-state index in [1.807, 2.05) is 0 Å². The van der Waals surface area contributed by atoms with Crippen LogP contribution in [0.4, 0.5) is 4.39 Å². The number of hydrogen-bond acceptors (Lipinski definition) is 3. The lowest BCUT2D eigenvalue weighted by Gasteiger charge is -2.13. The number of methoxy groups -OCH3 is 1. The van der Waals surface area contributed by atoms with E-state index in [0.717, 1.165) is 10.9 Å². The molecule has 1 aromatic rings. The van der Waals surface area contributed by atoms with Crippen LogP contribution in [0.1, 0.15) is 30.9 Å². The van der Waals surface area contributed by atoms with Gasteiger partial charge < -0.3 is 9.47 Å². The van der Waals surface area contributed by atoms with Crippen molar-refractivity contribution in [3.63, 3.8) is 0 Å².